The third-order valence-electron chi connectivity index (χ3n) is 4.70. The Bertz CT molecular complexity index is 404. The van der Waals surface area contributed by atoms with Crippen LogP contribution in [0.15, 0.2) is 24.3 Å². The van der Waals surface area contributed by atoms with Gasteiger partial charge in [0.15, 0.2) is 0 Å². The van der Waals surface area contributed by atoms with Crippen molar-refractivity contribution in [3.05, 3.63) is 35.6 Å². The van der Waals surface area contributed by atoms with Gasteiger partial charge in [-0.25, -0.2) is 4.39 Å². The second kappa shape index (κ2) is 4.41. The summed E-state index contributed by atoms with van der Waals surface area (Å²) in [6.07, 6.45) is 6.30. The van der Waals surface area contributed by atoms with Gasteiger partial charge in [0.2, 0.25) is 0 Å². The van der Waals surface area contributed by atoms with Crippen LogP contribution in [0.2, 0.25) is 0 Å². The normalized spacial score (nSPS) is 32.9. The fourth-order valence-corrected chi connectivity index (χ4v) is 3.91. The van der Waals surface area contributed by atoms with Crippen molar-refractivity contribution in [2.45, 2.75) is 38.1 Å². The Morgan fingerprint density at radius 3 is 2.82 bits per heavy atom. The molecule has 2 bridgehead atoms. The van der Waals surface area contributed by atoms with Gasteiger partial charge in [0.25, 0.3) is 0 Å². The van der Waals surface area contributed by atoms with Crippen LogP contribution in [0.5, 0.6) is 0 Å². The second-order valence-corrected chi connectivity index (χ2v) is 5.84. The van der Waals surface area contributed by atoms with Gasteiger partial charge in [-0.1, -0.05) is 18.6 Å². The lowest BCUT2D eigenvalue weighted by Gasteiger charge is -2.27. The molecule has 4 atom stereocenters. The zero-order chi connectivity index (χ0) is 11.8. The SMILES string of the molecule is NC(Cc1cccc(F)c1)C1CC2CCC1C2. The topological polar surface area (TPSA) is 26.0 Å². The van der Waals surface area contributed by atoms with Gasteiger partial charge in [-0.05, 0) is 61.1 Å². The maximum Gasteiger partial charge on any atom is 0.123 e. The third-order valence-corrected chi connectivity index (χ3v) is 4.70. The first kappa shape index (κ1) is 11.2. The highest BCUT2D eigenvalue weighted by atomic mass is 19.1. The van der Waals surface area contributed by atoms with Gasteiger partial charge < -0.3 is 5.73 Å². The molecule has 2 aliphatic carbocycles. The molecule has 0 aliphatic heterocycles. The number of fused-ring (bicyclic) bond motifs is 2. The highest BCUT2D eigenvalue weighted by Gasteiger charge is 2.41. The van der Waals surface area contributed by atoms with Crippen LogP contribution in [0.3, 0.4) is 0 Å². The van der Waals surface area contributed by atoms with Gasteiger partial charge >= 0.3 is 0 Å². The minimum atomic E-state index is -0.150. The van der Waals surface area contributed by atoms with Crippen LogP contribution in [-0.4, -0.2) is 6.04 Å². The van der Waals surface area contributed by atoms with E-state index in [0.717, 1.165) is 23.8 Å². The Kier molecular flexibility index (Phi) is 2.91. The molecule has 2 aliphatic rings. The van der Waals surface area contributed by atoms with E-state index >= 15 is 0 Å². The summed E-state index contributed by atoms with van der Waals surface area (Å²) in [5, 5.41) is 0. The first-order valence-corrected chi connectivity index (χ1v) is 6.72. The molecule has 0 aromatic heterocycles. The summed E-state index contributed by atoms with van der Waals surface area (Å²) in [7, 11) is 0. The molecule has 17 heavy (non-hydrogen) atoms. The Morgan fingerprint density at radius 2 is 2.18 bits per heavy atom. The maximum absolute atomic E-state index is 13.1. The molecule has 0 spiro atoms. The minimum absolute atomic E-state index is 0.150. The van der Waals surface area contributed by atoms with E-state index in [-0.39, 0.29) is 11.9 Å². The second-order valence-electron chi connectivity index (χ2n) is 5.84. The quantitative estimate of drug-likeness (QED) is 0.852. The Hall–Kier alpha value is -0.890. The van der Waals surface area contributed by atoms with Crippen LogP contribution in [0.1, 0.15) is 31.2 Å². The van der Waals surface area contributed by atoms with Crippen molar-refractivity contribution in [1.29, 1.82) is 0 Å². The molecular weight excluding hydrogens is 213 g/mol. The lowest BCUT2D eigenvalue weighted by Crippen LogP contribution is -2.35. The number of hydrogen-bond donors (Lipinski definition) is 1. The summed E-state index contributed by atoms with van der Waals surface area (Å²) in [6.45, 7) is 0. The fraction of sp³-hybridized carbons (Fsp3) is 0.600. The molecule has 92 valence electrons. The Labute approximate surface area is 102 Å². The summed E-state index contributed by atoms with van der Waals surface area (Å²) < 4.78 is 13.1. The van der Waals surface area contributed by atoms with Gasteiger partial charge in [0.1, 0.15) is 5.82 Å². The highest BCUT2D eigenvalue weighted by molar-refractivity contribution is 5.18. The van der Waals surface area contributed by atoms with Crippen LogP contribution in [0.25, 0.3) is 0 Å². The predicted molar refractivity (Wildman–Crippen MR) is 67.0 cm³/mol. The molecule has 4 unspecified atom stereocenters. The zero-order valence-electron chi connectivity index (χ0n) is 10.1. The van der Waals surface area contributed by atoms with Gasteiger partial charge in [-0.2, -0.15) is 0 Å². The average Bonchev–Trinajstić information content (AvgIpc) is 2.90. The fourth-order valence-electron chi connectivity index (χ4n) is 3.91. The van der Waals surface area contributed by atoms with Crippen LogP contribution >= 0.6 is 0 Å². The summed E-state index contributed by atoms with van der Waals surface area (Å²) in [6, 6.07) is 7.08. The van der Waals surface area contributed by atoms with E-state index in [1.165, 1.54) is 31.7 Å². The van der Waals surface area contributed by atoms with Gasteiger partial charge in [-0.15, -0.1) is 0 Å². The number of rotatable bonds is 3. The van der Waals surface area contributed by atoms with Crippen molar-refractivity contribution < 1.29 is 4.39 Å². The molecule has 1 nitrogen and oxygen atoms in total. The number of halogens is 1. The maximum atomic E-state index is 13.1. The van der Waals surface area contributed by atoms with Crippen molar-refractivity contribution in [3.8, 4) is 0 Å². The molecule has 1 aromatic carbocycles. The monoisotopic (exact) mass is 233 g/mol. The van der Waals surface area contributed by atoms with Gasteiger partial charge in [0.05, 0.1) is 0 Å². The summed E-state index contributed by atoms with van der Waals surface area (Å²) >= 11 is 0. The van der Waals surface area contributed by atoms with E-state index in [4.69, 9.17) is 5.73 Å². The van der Waals surface area contributed by atoms with Crippen LogP contribution in [0, 0.1) is 23.6 Å². The molecule has 3 rings (SSSR count). The zero-order valence-corrected chi connectivity index (χ0v) is 10.1. The molecule has 1 aromatic rings. The summed E-state index contributed by atoms with van der Waals surface area (Å²) in [5.74, 6) is 2.31. The van der Waals surface area contributed by atoms with Crippen molar-refractivity contribution in [3.63, 3.8) is 0 Å². The molecule has 0 radical (unpaired) electrons. The highest BCUT2D eigenvalue weighted by Crippen LogP contribution is 2.49. The van der Waals surface area contributed by atoms with E-state index < -0.39 is 0 Å². The lowest BCUT2D eigenvalue weighted by atomic mass is 9.81. The molecule has 0 amide bonds. The smallest absolute Gasteiger partial charge is 0.123 e. The predicted octanol–water partition coefficient (Wildman–Crippen LogP) is 3.13. The van der Waals surface area contributed by atoms with Crippen LogP contribution < -0.4 is 5.73 Å². The molecule has 2 fully saturated rings. The average molecular weight is 233 g/mol. The van der Waals surface area contributed by atoms with Gasteiger partial charge in [0, 0.05) is 6.04 Å². The Balaban J connectivity index is 1.65. The van der Waals surface area contributed by atoms with Crippen molar-refractivity contribution in [1.82, 2.24) is 0 Å². The molecule has 2 saturated carbocycles. The van der Waals surface area contributed by atoms with E-state index in [2.05, 4.69) is 0 Å². The number of nitrogens with two attached hydrogens (primary N) is 1. The summed E-state index contributed by atoms with van der Waals surface area (Å²) in [4.78, 5) is 0. The lowest BCUT2D eigenvalue weighted by molar-refractivity contribution is 0.280. The molecule has 0 saturated heterocycles. The molecule has 2 N–H and O–H groups in total. The largest absolute Gasteiger partial charge is 0.327 e. The molecular formula is C15H20FN. The van der Waals surface area contributed by atoms with Crippen molar-refractivity contribution in [2.24, 2.45) is 23.5 Å². The van der Waals surface area contributed by atoms with Crippen molar-refractivity contribution in [2.75, 3.05) is 0 Å². The first-order chi connectivity index (χ1) is 8.22. The number of benzene rings is 1. The van der Waals surface area contributed by atoms with Crippen molar-refractivity contribution >= 4 is 0 Å². The molecule has 0 heterocycles. The minimum Gasteiger partial charge on any atom is -0.327 e. The van der Waals surface area contributed by atoms with E-state index in [0.29, 0.717) is 5.92 Å². The van der Waals surface area contributed by atoms with E-state index in [9.17, 15) is 4.39 Å². The molecule has 2 heteroatoms. The van der Waals surface area contributed by atoms with E-state index in [1.54, 1.807) is 12.1 Å². The third kappa shape index (κ3) is 2.23. The standard InChI is InChI=1S/C15H20FN/c16-13-3-1-2-10(7-13)9-15(17)14-8-11-4-5-12(14)6-11/h1-3,7,11-12,14-15H,4-6,8-9,17H2. The van der Waals surface area contributed by atoms with Gasteiger partial charge in [-0.3, -0.25) is 0 Å². The van der Waals surface area contributed by atoms with Crippen LogP contribution in [0.4, 0.5) is 4.39 Å². The Morgan fingerprint density at radius 1 is 1.29 bits per heavy atom. The van der Waals surface area contributed by atoms with Crippen LogP contribution in [-0.2, 0) is 6.42 Å². The number of hydrogen-bond acceptors (Lipinski definition) is 1. The first-order valence-electron chi connectivity index (χ1n) is 6.72. The summed E-state index contributed by atoms with van der Waals surface area (Å²) in [5.41, 5.74) is 7.37. The van der Waals surface area contributed by atoms with E-state index in [1.807, 2.05) is 6.07 Å².